The van der Waals surface area contributed by atoms with Gasteiger partial charge in [0.15, 0.2) is 0 Å². The van der Waals surface area contributed by atoms with Crippen LogP contribution in [-0.4, -0.2) is 12.5 Å². The van der Waals surface area contributed by atoms with Gasteiger partial charge in [0.25, 0.3) is 5.91 Å². The van der Waals surface area contributed by atoms with Crippen LogP contribution in [0.2, 0.25) is 0 Å². The van der Waals surface area contributed by atoms with E-state index in [2.05, 4.69) is 5.32 Å². The van der Waals surface area contributed by atoms with Crippen molar-refractivity contribution in [3.8, 4) is 5.75 Å². The number of para-hydroxylation sites is 1. The highest BCUT2D eigenvalue weighted by molar-refractivity contribution is 5.94. The van der Waals surface area contributed by atoms with Crippen LogP contribution in [0.4, 0.5) is 0 Å². The molecule has 0 aliphatic carbocycles. The zero-order chi connectivity index (χ0) is 15.4. The van der Waals surface area contributed by atoms with Crippen LogP contribution in [0.3, 0.4) is 0 Å². The summed E-state index contributed by atoms with van der Waals surface area (Å²) in [6, 6.07) is 15.3. The van der Waals surface area contributed by atoms with Gasteiger partial charge in [-0.25, -0.2) is 0 Å². The first-order chi connectivity index (χ1) is 10.8. The molecule has 3 rings (SSSR count). The topological polar surface area (TPSA) is 64.4 Å². The van der Waals surface area contributed by atoms with Gasteiger partial charge in [0.2, 0.25) is 0 Å². The summed E-state index contributed by atoms with van der Waals surface area (Å²) >= 11 is 0. The summed E-state index contributed by atoms with van der Waals surface area (Å²) in [5, 5.41) is 3.12. The highest BCUT2D eigenvalue weighted by Crippen LogP contribution is 2.31. The van der Waals surface area contributed by atoms with Crippen molar-refractivity contribution in [2.75, 3.05) is 6.61 Å². The Morgan fingerprint density at radius 3 is 2.65 bits per heavy atom. The monoisotopic (exact) mass is 332 g/mol. The number of rotatable bonds is 3. The van der Waals surface area contributed by atoms with Crippen LogP contribution in [0.1, 0.15) is 40.4 Å². The van der Waals surface area contributed by atoms with Crippen LogP contribution in [0.25, 0.3) is 0 Å². The quantitative estimate of drug-likeness (QED) is 0.907. The maximum absolute atomic E-state index is 12.5. The number of amides is 1. The average Bonchev–Trinajstić information content (AvgIpc) is 2.77. The first-order valence-corrected chi connectivity index (χ1v) is 7.59. The summed E-state index contributed by atoms with van der Waals surface area (Å²) in [5.74, 6) is 0.800. The number of nitrogens with two attached hydrogens (primary N) is 1. The van der Waals surface area contributed by atoms with Gasteiger partial charge in [-0.05, 0) is 36.6 Å². The normalized spacial score (nSPS) is 16.3. The predicted molar refractivity (Wildman–Crippen MR) is 93.0 cm³/mol. The van der Waals surface area contributed by atoms with E-state index in [4.69, 9.17) is 10.5 Å². The number of hydrogen-bond acceptors (Lipinski definition) is 3. The second kappa shape index (κ2) is 7.99. The summed E-state index contributed by atoms with van der Waals surface area (Å²) in [4.78, 5) is 12.5. The van der Waals surface area contributed by atoms with Crippen LogP contribution in [-0.2, 0) is 6.54 Å². The van der Waals surface area contributed by atoms with Crippen molar-refractivity contribution in [1.82, 2.24) is 5.32 Å². The Labute approximate surface area is 142 Å². The summed E-state index contributed by atoms with van der Waals surface area (Å²) in [7, 11) is 0. The molecule has 2 aromatic rings. The summed E-state index contributed by atoms with van der Waals surface area (Å²) in [6.07, 6.45) is 1.80. The lowest BCUT2D eigenvalue weighted by atomic mass is 10.0. The van der Waals surface area contributed by atoms with E-state index in [-0.39, 0.29) is 24.4 Å². The first kappa shape index (κ1) is 17.3. The molecule has 1 heterocycles. The van der Waals surface area contributed by atoms with Gasteiger partial charge in [-0.2, -0.15) is 0 Å². The molecule has 0 radical (unpaired) electrons. The van der Waals surface area contributed by atoms with E-state index in [0.29, 0.717) is 18.7 Å². The molecule has 4 nitrogen and oxygen atoms in total. The first-order valence-electron chi connectivity index (χ1n) is 7.59. The van der Waals surface area contributed by atoms with E-state index in [1.54, 1.807) is 0 Å². The molecular formula is C18H21ClN2O2. The molecule has 2 aromatic carbocycles. The molecule has 0 saturated carbocycles. The van der Waals surface area contributed by atoms with Gasteiger partial charge in [0, 0.05) is 17.7 Å². The van der Waals surface area contributed by atoms with Crippen molar-refractivity contribution in [3.05, 3.63) is 65.2 Å². The number of hydrogen-bond donors (Lipinski definition) is 2. The van der Waals surface area contributed by atoms with E-state index in [1.165, 1.54) is 0 Å². The molecule has 0 fully saturated rings. The Bertz CT molecular complexity index is 658. The molecule has 0 bridgehead atoms. The second-order valence-electron chi connectivity index (χ2n) is 5.46. The molecule has 122 valence electrons. The fourth-order valence-electron chi connectivity index (χ4n) is 2.71. The third-order valence-electron chi connectivity index (χ3n) is 3.95. The van der Waals surface area contributed by atoms with Gasteiger partial charge >= 0.3 is 0 Å². The van der Waals surface area contributed by atoms with E-state index >= 15 is 0 Å². The Morgan fingerprint density at radius 2 is 1.91 bits per heavy atom. The fourth-order valence-corrected chi connectivity index (χ4v) is 2.71. The lowest BCUT2D eigenvalue weighted by Crippen LogP contribution is -2.28. The zero-order valence-corrected chi connectivity index (χ0v) is 13.6. The molecule has 1 aliphatic heterocycles. The maximum atomic E-state index is 12.5. The van der Waals surface area contributed by atoms with Crippen molar-refractivity contribution >= 4 is 18.3 Å². The minimum Gasteiger partial charge on any atom is -0.493 e. The van der Waals surface area contributed by atoms with Crippen LogP contribution in [0.5, 0.6) is 5.75 Å². The molecule has 0 saturated heterocycles. The molecule has 1 amide bonds. The third kappa shape index (κ3) is 4.03. The number of benzene rings is 2. The van der Waals surface area contributed by atoms with E-state index in [0.717, 1.165) is 29.7 Å². The van der Waals surface area contributed by atoms with Crippen molar-refractivity contribution in [1.29, 1.82) is 0 Å². The van der Waals surface area contributed by atoms with Gasteiger partial charge in [-0.15, -0.1) is 12.4 Å². The smallest absolute Gasteiger partial charge is 0.251 e. The minimum atomic E-state index is -0.0646. The van der Waals surface area contributed by atoms with Crippen molar-refractivity contribution < 1.29 is 9.53 Å². The molecule has 1 unspecified atom stereocenters. The molecule has 0 aromatic heterocycles. The Morgan fingerprint density at radius 1 is 1.17 bits per heavy atom. The second-order valence-corrected chi connectivity index (χ2v) is 5.46. The van der Waals surface area contributed by atoms with Gasteiger partial charge in [-0.3, -0.25) is 4.79 Å². The molecule has 1 aliphatic rings. The molecule has 0 spiro atoms. The number of fused-ring (bicyclic) bond motifs is 1. The fraction of sp³-hybridized carbons (Fsp3) is 0.278. The van der Waals surface area contributed by atoms with Gasteiger partial charge in [0.05, 0.1) is 12.6 Å². The van der Waals surface area contributed by atoms with Gasteiger partial charge in [0.1, 0.15) is 5.75 Å². The van der Waals surface area contributed by atoms with Gasteiger partial charge in [-0.1, -0.05) is 30.3 Å². The molecule has 5 heteroatoms. The lowest BCUT2D eigenvalue weighted by Gasteiger charge is -2.18. The molecule has 3 N–H and O–H groups in total. The average molecular weight is 333 g/mol. The number of nitrogens with one attached hydrogen (secondary N) is 1. The zero-order valence-electron chi connectivity index (χ0n) is 12.8. The number of carbonyl (C=O) groups excluding carboxylic acids is 1. The highest BCUT2D eigenvalue weighted by Gasteiger charge is 2.21. The lowest BCUT2D eigenvalue weighted by molar-refractivity contribution is 0.0934. The highest BCUT2D eigenvalue weighted by atomic mass is 35.5. The molecule has 1 atom stereocenters. The summed E-state index contributed by atoms with van der Waals surface area (Å²) in [6.45, 7) is 1.17. The number of carbonyl (C=O) groups is 1. The molecular weight excluding hydrogens is 312 g/mol. The van der Waals surface area contributed by atoms with Crippen LogP contribution < -0.4 is 15.8 Å². The van der Waals surface area contributed by atoms with E-state index < -0.39 is 0 Å². The van der Waals surface area contributed by atoms with Crippen molar-refractivity contribution in [3.63, 3.8) is 0 Å². The van der Waals surface area contributed by atoms with Crippen molar-refractivity contribution in [2.24, 2.45) is 5.73 Å². The largest absolute Gasteiger partial charge is 0.493 e. The number of halogens is 1. The van der Waals surface area contributed by atoms with Crippen LogP contribution >= 0.6 is 12.4 Å². The Balaban J connectivity index is 0.00000192. The Kier molecular flexibility index (Phi) is 6.02. The minimum absolute atomic E-state index is 0. The van der Waals surface area contributed by atoms with E-state index in [9.17, 15) is 4.79 Å². The molecule has 23 heavy (non-hydrogen) atoms. The summed E-state index contributed by atoms with van der Waals surface area (Å²) in [5.41, 5.74) is 8.30. The van der Waals surface area contributed by atoms with E-state index in [1.807, 2.05) is 48.5 Å². The summed E-state index contributed by atoms with van der Waals surface area (Å²) < 4.78 is 5.73. The van der Waals surface area contributed by atoms with Crippen LogP contribution in [0.15, 0.2) is 48.5 Å². The maximum Gasteiger partial charge on any atom is 0.251 e. The predicted octanol–water partition coefficient (Wildman–Crippen LogP) is 3.21. The Hall–Kier alpha value is -2.04. The van der Waals surface area contributed by atoms with Gasteiger partial charge < -0.3 is 15.8 Å². The standard InChI is InChI=1S/C18H20N2O2.ClH/c19-12-13-7-9-14(10-8-13)18(21)20-16-5-3-11-22-17-6-2-1-4-15(16)17;/h1-2,4,6-10,16H,3,5,11-12,19H2,(H,20,21);1H. The SMILES string of the molecule is Cl.NCc1ccc(C(=O)NC2CCCOc3ccccc32)cc1. The third-order valence-corrected chi connectivity index (χ3v) is 3.95. The van der Waals surface area contributed by atoms with Crippen LogP contribution in [0, 0.1) is 0 Å². The number of ether oxygens (including phenoxy) is 1. The van der Waals surface area contributed by atoms with Crippen molar-refractivity contribution in [2.45, 2.75) is 25.4 Å².